The summed E-state index contributed by atoms with van der Waals surface area (Å²) in [7, 11) is 0. The van der Waals surface area contributed by atoms with Crippen LogP contribution in [0.15, 0.2) is 5.16 Å². The van der Waals surface area contributed by atoms with Gasteiger partial charge in [0.05, 0.1) is 6.61 Å². The molecule has 1 rings (SSSR count). The summed E-state index contributed by atoms with van der Waals surface area (Å²) >= 11 is 0. The van der Waals surface area contributed by atoms with Gasteiger partial charge in [-0.1, -0.05) is 5.16 Å². The molecular formula is C7H13NO6. The molecule has 7 heteroatoms. The molecule has 0 aromatic heterocycles. The zero-order chi connectivity index (χ0) is 10.7. The van der Waals surface area contributed by atoms with Crippen molar-refractivity contribution in [2.24, 2.45) is 5.16 Å². The first kappa shape index (κ1) is 11.3. The van der Waals surface area contributed by atoms with Gasteiger partial charge < -0.3 is 30.0 Å². The highest BCUT2D eigenvalue weighted by atomic mass is 16.8. The van der Waals surface area contributed by atoms with E-state index in [-0.39, 0.29) is 0 Å². The molecule has 0 bridgehead atoms. The molecule has 0 amide bonds. The molecule has 7 nitrogen and oxygen atoms in total. The molecule has 82 valence electrons. The van der Waals surface area contributed by atoms with Crippen molar-refractivity contribution in [1.82, 2.24) is 0 Å². The van der Waals surface area contributed by atoms with E-state index < -0.39 is 37.3 Å². The minimum Gasteiger partial charge on any atom is -0.394 e. The highest BCUT2D eigenvalue weighted by Crippen LogP contribution is 2.21. The first-order chi connectivity index (χ1) is 6.61. The maximum Gasteiger partial charge on any atom is 0.256 e. The molecule has 0 aliphatic carbocycles. The quantitative estimate of drug-likeness (QED) is 0.299. The SMILES string of the molecule is C=NO[C@@H]1OC(CO)C(O)[C@H](O)C1O. The largest absolute Gasteiger partial charge is 0.394 e. The molecule has 0 saturated carbocycles. The van der Waals surface area contributed by atoms with Crippen molar-refractivity contribution in [1.29, 1.82) is 0 Å². The van der Waals surface area contributed by atoms with Crippen molar-refractivity contribution in [3.05, 3.63) is 0 Å². The van der Waals surface area contributed by atoms with E-state index in [9.17, 15) is 15.3 Å². The van der Waals surface area contributed by atoms with Gasteiger partial charge in [-0.25, -0.2) is 0 Å². The van der Waals surface area contributed by atoms with E-state index in [0.717, 1.165) is 0 Å². The molecule has 4 N–H and O–H groups in total. The van der Waals surface area contributed by atoms with E-state index in [1.807, 2.05) is 0 Å². The maximum absolute atomic E-state index is 9.32. The fourth-order valence-electron chi connectivity index (χ4n) is 1.23. The van der Waals surface area contributed by atoms with Crippen LogP contribution in [0.4, 0.5) is 0 Å². The minimum atomic E-state index is -1.45. The second-order valence-corrected chi connectivity index (χ2v) is 2.93. The number of aliphatic hydroxyl groups excluding tert-OH is 4. The molecule has 1 fully saturated rings. The molecule has 14 heavy (non-hydrogen) atoms. The Hall–Kier alpha value is -0.730. The van der Waals surface area contributed by atoms with Crippen molar-refractivity contribution in [3.8, 4) is 0 Å². The number of ether oxygens (including phenoxy) is 1. The van der Waals surface area contributed by atoms with E-state index in [0.29, 0.717) is 0 Å². The zero-order valence-electron chi connectivity index (χ0n) is 7.35. The average Bonchev–Trinajstić information content (AvgIpc) is 2.19. The molecular weight excluding hydrogens is 194 g/mol. The highest BCUT2D eigenvalue weighted by Gasteiger charge is 2.44. The van der Waals surface area contributed by atoms with Crippen molar-refractivity contribution in [3.63, 3.8) is 0 Å². The lowest BCUT2D eigenvalue weighted by Gasteiger charge is -2.38. The van der Waals surface area contributed by atoms with E-state index in [1.54, 1.807) is 0 Å². The number of nitrogens with zero attached hydrogens (tertiary/aromatic N) is 1. The van der Waals surface area contributed by atoms with Crippen LogP contribution in [0.2, 0.25) is 0 Å². The number of hydrogen-bond donors (Lipinski definition) is 4. The Morgan fingerprint density at radius 3 is 2.36 bits per heavy atom. The summed E-state index contributed by atoms with van der Waals surface area (Å²) in [6, 6.07) is 0. The summed E-state index contributed by atoms with van der Waals surface area (Å²) < 4.78 is 4.90. The topological polar surface area (TPSA) is 112 Å². The van der Waals surface area contributed by atoms with Crippen molar-refractivity contribution >= 4 is 6.72 Å². The fourth-order valence-corrected chi connectivity index (χ4v) is 1.23. The third-order valence-electron chi connectivity index (χ3n) is 2.03. The van der Waals surface area contributed by atoms with Crippen LogP contribution in [0.5, 0.6) is 0 Å². The number of hydrogen-bond acceptors (Lipinski definition) is 7. The molecule has 1 aliphatic heterocycles. The lowest BCUT2D eigenvalue weighted by Crippen LogP contribution is -2.58. The summed E-state index contributed by atoms with van der Waals surface area (Å²) in [6.07, 6.45) is -6.49. The summed E-state index contributed by atoms with van der Waals surface area (Å²) in [5, 5.41) is 39.7. The Labute approximate surface area is 80.2 Å². The molecule has 0 spiro atoms. The van der Waals surface area contributed by atoms with Crippen molar-refractivity contribution in [2.45, 2.75) is 30.7 Å². The fraction of sp³-hybridized carbons (Fsp3) is 0.857. The van der Waals surface area contributed by atoms with Gasteiger partial charge in [-0.15, -0.1) is 0 Å². The summed E-state index contributed by atoms with van der Waals surface area (Å²) in [4.78, 5) is 4.51. The Kier molecular flexibility index (Phi) is 3.78. The van der Waals surface area contributed by atoms with Gasteiger partial charge in [0.1, 0.15) is 24.4 Å². The predicted molar refractivity (Wildman–Crippen MR) is 44.4 cm³/mol. The van der Waals surface area contributed by atoms with Gasteiger partial charge in [-0.05, 0) is 0 Å². The molecule has 0 aromatic carbocycles. The second kappa shape index (κ2) is 4.67. The van der Waals surface area contributed by atoms with Crippen LogP contribution in [-0.4, -0.2) is 64.5 Å². The van der Waals surface area contributed by atoms with Gasteiger partial charge in [0.2, 0.25) is 0 Å². The first-order valence-electron chi connectivity index (χ1n) is 4.04. The molecule has 0 radical (unpaired) electrons. The van der Waals surface area contributed by atoms with Gasteiger partial charge in [-0.3, -0.25) is 0 Å². The van der Waals surface area contributed by atoms with Gasteiger partial charge in [0.15, 0.2) is 0 Å². The van der Waals surface area contributed by atoms with Crippen LogP contribution in [0.25, 0.3) is 0 Å². The van der Waals surface area contributed by atoms with E-state index >= 15 is 0 Å². The summed E-state index contributed by atoms with van der Waals surface area (Å²) in [5.41, 5.74) is 0. The van der Waals surface area contributed by atoms with E-state index in [4.69, 9.17) is 9.84 Å². The number of rotatable bonds is 3. The predicted octanol–water partition coefficient (Wildman–Crippen LogP) is -2.58. The molecule has 5 atom stereocenters. The van der Waals surface area contributed by atoms with Gasteiger partial charge in [-0.2, -0.15) is 0 Å². The first-order valence-corrected chi connectivity index (χ1v) is 4.04. The van der Waals surface area contributed by atoms with Crippen LogP contribution < -0.4 is 0 Å². The van der Waals surface area contributed by atoms with Crippen LogP contribution in [0, 0.1) is 0 Å². The van der Waals surface area contributed by atoms with E-state index in [2.05, 4.69) is 16.7 Å². The second-order valence-electron chi connectivity index (χ2n) is 2.93. The monoisotopic (exact) mass is 207 g/mol. The lowest BCUT2D eigenvalue weighted by atomic mass is 9.99. The smallest absolute Gasteiger partial charge is 0.256 e. The van der Waals surface area contributed by atoms with E-state index in [1.165, 1.54) is 0 Å². The molecule has 0 aromatic rings. The average molecular weight is 207 g/mol. The molecule has 1 aliphatic rings. The van der Waals surface area contributed by atoms with Crippen LogP contribution in [-0.2, 0) is 9.57 Å². The minimum absolute atomic E-state index is 0.498. The van der Waals surface area contributed by atoms with Gasteiger partial charge in [0.25, 0.3) is 6.29 Å². The summed E-state index contributed by atoms with van der Waals surface area (Å²) in [6.45, 7) is 2.52. The molecule has 1 heterocycles. The highest BCUT2D eigenvalue weighted by molar-refractivity contribution is 5.21. The Bertz CT molecular complexity index is 199. The van der Waals surface area contributed by atoms with Crippen LogP contribution in [0.3, 0.4) is 0 Å². The van der Waals surface area contributed by atoms with Crippen molar-refractivity contribution in [2.75, 3.05) is 6.61 Å². The lowest BCUT2D eigenvalue weighted by molar-refractivity contribution is -0.301. The maximum atomic E-state index is 9.32. The van der Waals surface area contributed by atoms with Gasteiger partial charge in [0, 0.05) is 6.72 Å². The van der Waals surface area contributed by atoms with Crippen molar-refractivity contribution < 1.29 is 30.0 Å². The van der Waals surface area contributed by atoms with Crippen LogP contribution in [0.1, 0.15) is 0 Å². The standard InChI is InChI=1S/C7H13NO6/c1-8-14-7-6(12)5(11)4(10)3(2-9)13-7/h3-7,9-12H,1-2H2/t3?,4?,5-,6?,7-/m0/s1. The molecule has 3 unspecified atom stereocenters. The summed E-state index contributed by atoms with van der Waals surface area (Å²) in [5.74, 6) is 0. The molecule has 1 saturated heterocycles. The number of aliphatic hydroxyl groups is 4. The third-order valence-corrected chi connectivity index (χ3v) is 2.03. The Morgan fingerprint density at radius 2 is 1.86 bits per heavy atom. The van der Waals surface area contributed by atoms with Crippen LogP contribution >= 0.6 is 0 Å². The Balaban J connectivity index is 2.67. The Morgan fingerprint density at radius 1 is 1.21 bits per heavy atom. The normalized spacial score (nSPS) is 43.3. The third kappa shape index (κ3) is 2.02. The van der Waals surface area contributed by atoms with Gasteiger partial charge >= 0.3 is 0 Å². The number of oxime groups is 1. The zero-order valence-corrected chi connectivity index (χ0v) is 7.35.